The lowest BCUT2D eigenvalue weighted by Crippen LogP contribution is -2.19. The van der Waals surface area contributed by atoms with Crippen molar-refractivity contribution in [3.05, 3.63) is 121 Å². The first-order chi connectivity index (χ1) is 19.4. The minimum Gasteiger partial charge on any atom is -0.0753 e. The highest BCUT2D eigenvalue weighted by Gasteiger charge is 2.25. The molecule has 0 spiro atoms. The van der Waals surface area contributed by atoms with Crippen LogP contribution in [0.15, 0.2) is 121 Å². The summed E-state index contributed by atoms with van der Waals surface area (Å²) in [6, 6.07) is 45.6. The third kappa shape index (κ3) is 8.58. The zero-order valence-corrected chi connectivity index (χ0v) is 25.9. The smallest absolute Gasteiger partial charge is 0.0169 e. The van der Waals surface area contributed by atoms with E-state index in [0.717, 1.165) is 5.66 Å². The zero-order chi connectivity index (χ0) is 26.5. The second-order valence-electron chi connectivity index (χ2n) is 10.7. The van der Waals surface area contributed by atoms with Crippen LogP contribution in [0, 0.1) is 0 Å². The van der Waals surface area contributed by atoms with Crippen molar-refractivity contribution in [2.24, 2.45) is 0 Å². The average Bonchev–Trinajstić information content (AvgIpc) is 3.02. The van der Waals surface area contributed by atoms with E-state index in [9.17, 15) is 0 Å². The van der Waals surface area contributed by atoms with Gasteiger partial charge in [0.15, 0.2) is 0 Å². The molecule has 202 valence electrons. The maximum Gasteiger partial charge on any atom is -0.0169 e. The number of hydrogen-bond acceptors (Lipinski definition) is 0. The summed E-state index contributed by atoms with van der Waals surface area (Å²) < 4.78 is 0. The van der Waals surface area contributed by atoms with Gasteiger partial charge in [0.05, 0.1) is 0 Å². The Kier molecular flexibility index (Phi) is 11.6. The Morgan fingerprint density at radius 2 is 0.872 bits per heavy atom. The molecule has 2 unspecified atom stereocenters. The maximum atomic E-state index is 2.43. The van der Waals surface area contributed by atoms with Crippen molar-refractivity contribution in [2.45, 2.75) is 50.6 Å². The lowest BCUT2D eigenvalue weighted by Gasteiger charge is -2.32. The standard InChI is InChI=1S/C36H43P3/c1-6-18-32(19-7-1)37(28-16-30-38(33-20-8-2-9-21-33)34-22-10-3-11-23-34)29-17-31-39(35-24-12-4-13-25-35)36-26-14-5-15-27-36/h1-4,6-13,18-25,36H,5,14-17,26-31H2. The third-order valence-electron chi connectivity index (χ3n) is 8.00. The molecule has 1 aliphatic rings. The van der Waals surface area contributed by atoms with Gasteiger partial charge < -0.3 is 0 Å². The quantitative estimate of drug-likeness (QED) is 0.141. The van der Waals surface area contributed by atoms with Crippen molar-refractivity contribution in [1.82, 2.24) is 0 Å². The summed E-state index contributed by atoms with van der Waals surface area (Å²) in [6.07, 6.45) is 15.4. The molecule has 0 N–H and O–H groups in total. The number of hydrogen-bond donors (Lipinski definition) is 0. The van der Waals surface area contributed by atoms with E-state index in [1.807, 2.05) is 0 Å². The molecule has 4 aromatic rings. The molecular formula is C36H43P3. The van der Waals surface area contributed by atoms with Crippen LogP contribution >= 0.6 is 23.8 Å². The van der Waals surface area contributed by atoms with Gasteiger partial charge >= 0.3 is 0 Å². The minimum absolute atomic E-state index is 0.0437. The van der Waals surface area contributed by atoms with Gasteiger partial charge in [-0.2, -0.15) is 0 Å². The molecule has 1 saturated carbocycles. The molecule has 0 saturated heterocycles. The molecule has 1 aliphatic carbocycles. The first kappa shape index (κ1) is 28.7. The summed E-state index contributed by atoms with van der Waals surface area (Å²) in [4.78, 5) is 0. The van der Waals surface area contributed by atoms with Crippen molar-refractivity contribution >= 4 is 45.0 Å². The van der Waals surface area contributed by atoms with Gasteiger partial charge in [-0.3, -0.25) is 0 Å². The molecule has 4 aromatic carbocycles. The second-order valence-corrected chi connectivity index (χ2v) is 18.1. The van der Waals surface area contributed by atoms with Gasteiger partial charge in [-0.1, -0.05) is 156 Å². The van der Waals surface area contributed by atoms with Crippen LogP contribution in [0.3, 0.4) is 0 Å². The third-order valence-corrected chi connectivity index (χ3v) is 16.5. The Labute approximate surface area is 240 Å². The van der Waals surface area contributed by atoms with Gasteiger partial charge in [0, 0.05) is 0 Å². The van der Waals surface area contributed by atoms with Crippen LogP contribution in [-0.2, 0) is 0 Å². The molecule has 39 heavy (non-hydrogen) atoms. The van der Waals surface area contributed by atoms with E-state index in [2.05, 4.69) is 121 Å². The highest BCUT2D eigenvalue weighted by atomic mass is 31.1. The van der Waals surface area contributed by atoms with Crippen molar-refractivity contribution < 1.29 is 0 Å². The zero-order valence-electron chi connectivity index (χ0n) is 23.2. The molecule has 0 radical (unpaired) electrons. The van der Waals surface area contributed by atoms with Crippen molar-refractivity contribution in [1.29, 1.82) is 0 Å². The van der Waals surface area contributed by atoms with E-state index in [1.54, 1.807) is 10.6 Å². The van der Waals surface area contributed by atoms with Crippen LogP contribution in [0.25, 0.3) is 0 Å². The van der Waals surface area contributed by atoms with Gasteiger partial charge in [-0.25, -0.2) is 0 Å². The largest absolute Gasteiger partial charge is 0.0753 e. The van der Waals surface area contributed by atoms with Crippen molar-refractivity contribution in [2.75, 3.05) is 24.6 Å². The molecule has 0 amide bonds. The van der Waals surface area contributed by atoms with Crippen LogP contribution in [0.5, 0.6) is 0 Å². The molecule has 3 heteroatoms. The highest BCUT2D eigenvalue weighted by molar-refractivity contribution is 7.73. The van der Waals surface area contributed by atoms with E-state index < -0.39 is 0 Å². The van der Waals surface area contributed by atoms with Crippen LogP contribution in [0.4, 0.5) is 0 Å². The molecule has 2 atom stereocenters. The summed E-state index contributed by atoms with van der Waals surface area (Å²) in [5.41, 5.74) is 0.944. The summed E-state index contributed by atoms with van der Waals surface area (Å²) in [7, 11) is -0.463. The van der Waals surface area contributed by atoms with Gasteiger partial charge in [0.2, 0.25) is 0 Å². The molecule has 0 aromatic heterocycles. The van der Waals surface area contributed by atoms with Gasteiger partial charge in [0.1, 0.15) is 0 Å². The Morgan fingerprint density at radius 1 is 0.436 bits per heavy atom. The van der Waals surface area contributed by atoms with E-state index >= 15 is 0 Å². The Morgan fingerprint density at radius 3 is 1.38 bits per heavy atom. The number of benzene rings is 4. The van der Waals surface area contributed by atoms with Crippen LogP contribution in [-0.4, -0.2) is 30.3 Å². The first-order valence-electron chi connectivity index (χ1n) is 14.9. The van der Waals surface area contributed by atoms with Gasteiger partial charge in [-0.15, -0.1) is 0 Å². The van der Waals surface area contributed by atoms with Crippen molar-refractivity contribution in [3.63, 3.8) is 0 Å². The van der Waals surface area contributed by atoms with Crippen LogP contribution in [0.2, 0.25) is 0 Å². The fraction of sp³-hybridized carbons (Fsp3) is 0.333. The first-order valence-corrected chi connectivity index (χ1v) is 19.7. The predicted molar refractivity (Wildman–Crippen MR) is 181 cm³/mol. The second kappa shape index (κ2) is 15.8. The van der Waals surface area contributed by atoms with E-state index in [0.29, 0.717) is 0 Å². The Bertz CT molecular complexity index is 1150. The summed E-state index contributed by atoms with van der Waals surface area (Å²) in [5, 5.41) is 6.30. The monoisotopic (exact) mass is 568 g/mol. The molecule has 1 fully saturated rings. The van der Waals surface area contributed by atoms with Crippen molar-refractivity contribution in [3.8, 4) is 0 Å². The fourth-order valence-corrected chi connectivity index (χ4v) is 14.4. The highest BCUT2D eigenvalue weighted by Crippen LogP contribution is 2.49. The Balaban J connectivity index is 1.25. The van der Waals surface area contributed by atoms with E-state index in [1.165, 1.54) is 80.2 Å². The maximum absolute atomic E-state index is 2.43. The number of rotatable bonds is 13. The molecular weight excluding hydrogens is 525 g/mol. The average molecular weight is 569 g/mol. The lowest BCUT2D eigenvalue weighted by molar-refractivity contribution is 0.511. The predicted octanol–water partition coefficient (Wildman–Crippen LogP) is 8.85. The van der Waals surface area contributed by atoms with E-state index in [-0.39, 0.29) is 23.8 Å². The van der Waals surface area contributed by atoms with Crippen LogP contribution < -0.4 is 21.2 Å². The lowest BCUT2D eigenvalue weighted by atomic mass is 10.0. The van der Waals surface area contributed by atoms with Gasteiger partial charge in [-0.05, 0) is 85.1 Å². The van der Waals surface area contributed by atoms with Gasteiger partial charge in [0.25, 0.3) is 0 Å². The summed E-state index contributed by atoms with van der Waals surface area (Å²) in [5.74, 6) is 0. The molecule has 0 heterocycles. The molecule has 5 rings (SSSR count). The summed E-state index contributed by atoms with van der Waals surface area (Å²) in [6.45, 7) is 0. The molecule has 0 aliphatic heterocycles. The fourth-order valence-electron chi connectivity index (χ4n) is 6.02. The summed E-state index contributed by atoms with van der Waals surface area (Å²) >= 11 is 0. The minimum atomic E-state index is -0.299. The molecule has 0 bridgehead atoms. The molecule has 0 nitrogen and oxygen atoms in total. The Hall–Kier alpha value is -1.83. The van der Waals surface area contributed by atoms with Crippen LogP contribution in [0.1, 0.15) is 44.9 Å². The SMILES string of the molecule is c1ccc(P(CCCP(c2ccccc2)c2ccccc2)CCCP(c2ccccc2)C2CCCCC2)cc1. The normalized spacial score (nSPS) is 15.7. The van der Waals surface area contributed by atoms with E-state index in [4.69, 9.17) is 0 Å². The topological polar surface area (TPSA) is 0 Å².